The maximum absolute atomic E-state index is 4.46. The largest absolute Gasteiger partial charge is 0.286 e. The van der Waals surface area contributed by atoms with E-state index in [1.165, 1.54) is 377 Å². The number of rotatable bonds is 0. The second kappa shape index (κ2) is 42.0. The van der Waals surface area contributed by atoms with Gasteiger partial charge in [-0.15, -0.1) is 0 Å². The van der Waals surface area contributed by atoms with Crippen LogP contribution in [0, 0.1) is 142 Å². The normalized spacial score (nSPS) is 50.5. The van der Waals surface area contributed by atoms with Crippen molar-refractivity contribution in [1.82, 2.24) is 63.8 Å². The smallest absolute Gasteiger partial charge is 0.0624 e. The van der Waals surface area contributed by atoms with Crippen molar-refractivity contribution in [2.45, 2.75) is 382 Å². The van der Waals surface area contributed by atoms with Gasteiger partial charge in [-0.1, -0.05) is 0 Å². The van der Waals surface area contributed by atoms with Crippen LogP contribution in [0.1, 0.15) is 308 Å². The minimum atomic E-state index is 0.462. The van der Waals surface area contributed by atoms with Crippen LogP contribution < -0.4 is 63.8 Å². The average molecular weight is 1680 g/mol. The molecule has 648 valence electrons. The van der Waals surface area contributed by atoms with Gasteiger partial charge in [0, 0.05) is 0 Å². The summed E-state index contributed by atoms with van der Waals surface area (Å²) in [5.41, 5.74) is 0. The van der Waals surface area contributed by atoms with Gasteiger partial charge in [0.15, 0.2) is 0 Å². The molecule has 12 nitrogen and oxygen atoms in total. The summed E-state index contributed by atoms with van der Waals surface area (Å²) in [4.78, 5) is 0. The molecule has 114 heavy (non-hydrogen) atoms. The predicted octanol–water partition coefficient (Wildman–Crippen LogP) is 19.1. The lowest BCUT2D eigenvalue weighted by molar-refractivity contribution is 0.0498. The van der Waals surface area contributed by atoms with E-state index in [1.54, 1.807) is 0 Å². The third kappa shape index (κ3) is 22.4. The minimum absolute atomic E-state index is 0.462. The lowest BCUT2D eigenvalue weighted by atomic mass is 9.77. The highest BCUT2D eigenvalue weighted by atomic mass is 32.2. The van der Waals surface area contributed by atoms with E-state index in [9.17, 15) is 0 Å². The maximum atomic E-state index is 4.46. The third-order valence-electron chi connectivity index (χ3n) is 36.9. The molecular weight excluding hydrogens is 1510 g/mol. The maximum Gasteiger partial charge on any atom is 0.0624 e. The number of nitrogens with one attached hydrogen (secondary N) is 12. The van der Waals surface area contributed by atoms with Crippen LogP contribution in [0.3, 0.4) is 0 Å². The first-order valence-corrected chi connectivity index (χ1v) is 57.8. The van der Waals surface area contributed by atoms with Gasteiger partial charge < -0.3 is 0 Å². The molecule has 68 fully saturated rings. The minimum Gasteiger partial charge on any atom is -0.286 e. The van der Waals surface area contributed by atoms with Gasteiger partial charge in [0.25, 0.3) is 0 Å². The number of thioether (sulfide) groups is 6. The highest BCUT2D eigenvalue weighted by Gasteiger charge is 2.48. The van der Waals surface area contributed by atoms with Gasteiger partial charge in [-0.05, 0) is 519 Å². The molecule has 56 saturated heterocycles. The van der Waals surface area contributed by atoms with Crippen LogP contribution in [0.2, 0.25) is 0 Å². The summed E-state index contributed by atoms with van der Waals surface area (Å²) in [5, 5.41) is 53.5. The fourth-order valence-corrected chi connectivity index (χ4v) is 37.6. The molecule has 36 bridgehead atoms. The fourth-order valence-electron chi connectivity index (χ4n) is 28.8. The van der Waals surface area contributed by atoms with Gasteiger partial charge in [-0.2, -0.15) is 70.6 Å². The second-order valence-electron chi connectivity index (χ2n) is 44.3. The van der Waals surface area contributed by atoms with Crippen LogP contribution in [0.5, 0.6) is 0 Å². The Morgan fingerprint density at radius 3 is 0.237 bits per heavy atom. The van der Waals surface area contributed by atoms with Crippen molar-refractivity contribution in [3.05, 3.63) is 0 Å². The molecule has 0 unspecified atom stereocenters. The molecule has 12 N–H and O–H groups in total. The topological polar surface area (TPSA) is 144 Å². The summed E-state index contributed by atoms with van der Waals surface area (Å²) in [7, 11) is 0. The number of hydrogen-bond donors (Lipinski definition) is 12. The van der Waals surface area contributed by atoms with E-state index < -0.39 is 0 Å². The molecule has 56 heterocycles. The van der Waals surface area contributed by atoms with Crippen molar-refractivity contribution in [2.75, 3.05) is 69.0 Å². The molecule has 0 atom stereocenters. The highest BCUT2D eigenvalue weighted by Crippen LogP contribution is 2.48. The Balaban J connectivity index is 0.577. The molecule has 12 saturated carbocycles. The Hall–Kier alpha value is 1.62. The summed E-state index contributed by atoms with van der Waals surface area (Å²) in [6, 6.07) is 0. The van der Waals surface area contributed by atoms with E-state index in [4.69, 9.17) is 0 Å². The van der Waals surface area contributed by atoms with Gasteiger partial charge in [-0.3, -0.25) is 63.8 Å². The first-order chi connectivity index (χ1) is 56.3. The Morgan fingerprint density at radius 1 is 0.0965 bits per heavy atom. The fraction of sp³-hybridized carbons (Fsp3) is 1.00. The Kier molecular flexibility index (Phi) is 31.4. The van der Waals surface area contributed by atoms with Crippen LogP contribution in [0.25, 0.3) is 0 Å². The van der Waals surface area contributed by atoms with E-state index >= 15 is 0 Å². The van der Waals surface area contributed by atoms with E-state index in [2.05, 4.69) is 134 Å². The number of hydrogen-bond acceptors (Lipinski definition) is 18. The zero-order valence-corrected chi connectivity index (χ0v) is 76.6. The first kappa shape index (κ1) is 85.1. The molecule has 0 radical (unpaired) electrons. The SMILES string of the molecule is C1CC2CCC1CSCC1CCC(CC1)C1NC3NC(N1)C1CCC(CC1)CSCC1CCC(CC1)C1NC4NC(N1)C1CCC(CC1)CSCC1CCC(CC1)C1NC(NC(N1)C1CCC(CC1)CSCC1CCC3CC1)C1CCC(CC1)CSCC1CCC(CC1)C1NC2NC(N1)C1CCC(CC1)CSCC1CCC4CC1. The van der Waals surface area contributed by atoms with Crippen molar-refractivity contribution in [3.8, 4) is 0 Å². The highest BCUT2D eigenvalue weighted by molar-refractivity contribution is 8.00. The van der Waals surface area contributed by atoms with Crippen LogP contribution in [-0.2, 0) is 0 Å². The summed E-state index contributed by atoms with van der Waals surface area (Å²) < 4.78 is 0. The van der Waals surface area contributed by atoms with Crippen molar-refractivity contribution in [3.63, 3.8) is 0 Å². The predicted molar refractivity (Wildman–Crippen MR) is 492 cm³/mol. The zero-order chi connectivity index (χ0) is 75.9. The Labute approximate surface area is 722 Å². The lowest BCUT2D eigenvalue weighted by Gasteiger charge is -2.50. The van der Waals surface area contributed by atoms with Crippen LogP contribution >= 0.6 is 70.6 Å². The van der Waals surface area contributed by atoms with Crippen molar-refractivity contribution >= 4 is 70.6 Å². The second-order valence-corrected chi connectivity index (χ2v) is 50.8. The molecule has 68 rings (SSSR count). The standard InChI is InChI=1S/C96H168N12S6/c1-25-73-26-2-61(1)49-109-50-62-3-27-76(28-4-62)88-100-89-77-33-9-67(10-34-77)55-112-57-69-17-41-81(42-18-69)93-103-91-79-37-13-65(14-38-79)53-110-51-63-5-29-74(30-6-63)86-97-85(73)98-87(99-86)75-31-7-64(8-32-75)52-111-54-66-15-39-80(40-16-66)92-104-94(82-43-19-70(20-44-82)58-113-56-68-11-35-78(36-12-68)90(101-88)102-89)108-96(106-92)84-47-23-72(24-48-84)60-114-59-71-21-45-83(46-22-71)95(105-91)107-93/h61-108H,1-60H2. The van der Waals surface area contributed by atoms with E-state index in [-0.39, 0.29) is 0 Å². The van der Waals surface area contributed by atoms with Crippen molar-refractivity contribution in [2.24, 2.45) is 142 Å². The van der Waals surface area contributed by atoms with Gasteiger partial charge in [0.1, 0.15) is 0 Å². The molecule has 0 aromatic heterocycles. The van der Waals surface area contributed by atoms with E-state index in [1.807, 2.05) is 0 Å². The monoisotopic (exact) mass is 1680 g/mol. The summed E-state index contributed by atoms with van der Waals surface area (Å²) in [6.45, 7) is 0. The molecule has 12 aliphatic carbocycles. The van der Waals surface area contributed by atoms with Crippen LogP contribution in [-0.4, -0.2) is 143 Å². The molecule has 68 aliphatic rings. The van der Waals surface area contributed by atoms with Crippen molar-refractivity contribution < 1.29 is 0 Å². The summed E-state index contributed by atoms with van der Waals surface area (Å²) in [5.74, 6) is 36.9. The van der Waals surface area contributed by atoms with Crippen LogP contribution in [0.15, 0.2) is 0 Å². The van der Waals surface area contributed by atoms with Crippen molar-refractivity contribution in [1.29, 1.82) is 0 Å². The summed E-state index contributed by atoms with van der Waals surface area (Å²) >= 11 is 14.3. The molecule has 0 amide bonds. The van der Waals surface area contributed by atoms with Crippen LogP contribution in [0.4, 0.5) is 0 Å². The van der Waals surface area contributed by atoms with Gasteiger partial charge in [0.05, 0.1) is 74.0 Å². The quantitative estimate of drug-likeness (QED) is 0.112. The average Bonchev–Trinajstić information content (AvgIpc) is 0.811. The first-order valence-electron chi connectivity index (χ1n) is 50.9. The molecule has 56 aliphatic heterocycles. The zero-order valence-electron chi connectivity index (χ0n) is 71.7. The summed E-state index contributed by atoms with van der Waals surface area (Å²) in [6.07, 6.45) is 74.2. The van der Waals surface area contributed by atoms with E-state index in [0.717, 1.165) is 142 Å². The van der Waals surface area contributed by atoms with Gasteiger partial charge in [0.2, 0.25) is 0 Å². The Bertz CT molecular complexity index is 2110. The molecule has 0 spiro atoms. The molecular formula is C96H168N12S6. The van der Waals surface area contributed by atoms with Gasteiger partial charge >= 0.3 is 0 Å². The molecule has 0 aromatic carbocycles. The lowest BCUT2D eigenvalue weighted by Crippen LogP contribution is -2.72. The van der Waals surface area contributed by atoms with E-state index in [0.29, 0.717) is 74.0 Å². The van der Waals surface area contributed by atoms with Gasteiger partial charge in [-0.25, -0.2) is 0 Å². The molecule has 0 aromatic rings. The molecule has 18 heteroatoms. The Morgan fingerprint density at radius 2 is 0.167 bits per heavy atom. The third-order valence-corrected chi connectivity index (χ3v) is 45.4.